The topological polar surface area (TPSA) is 88.8 Å². The molecule has 0 bridgehead atoms. The predicted octanol–water partition coefficient (Wildman–Crippen LogP) is 2.15. The van der Waals surface area contributed by atoms with Crippen LogP contribution in [-0.2, 0) is 4.74 Å². The van der Waals surface area contributed by atoms with E-state index >= 15 is 0 Å². The fourth-order valence-corrected chi connectivity index (χ4v) is 2.48. The lowest BCUT2D eigenvalue weighted by atomic mass is 10.1. The molecule has 0 fully saturated rings. The summed E-state index contributed by atoms with van der Waals surface area (Å²) in [4.78, 5) is 30.5. The lowest BCUT2D eigenvalue weighted by Crippen LogP contribution is -2.45. The molecule has 0 unspecified atom stereocenters. The van der Waals surface area contributed by atoms with Gasteiger partial charge in [0.2, 0.25) is 0 Å². The molecular formula is C15H14N4O4. The number of nitro groups is 1. The van der Waals surface area contributed by atoms with Gasteiger partial charge in [0, 0.05) is 25.4 Å². The second-order valence-corrected chi connectivity index (χ2v) is 4.98. The Balaban J connectivity index is 2.07. The molecule has 1 aliphatic rings. The smallest absolute Gasteiger partial charge is 0.271 e. The highest BCUT2D eigenvalue weighted by Gasteiger charge is 2.31. The van der Waals surface area contributed by atoms with E-state index in [9.17, 15) is 14.9 Å². The molecule has 0 aliphatic carbocycles. The molecule has 23 heavy (non-hydrogen) atoms. The van der Waals surface area contributed by atoms with Crippen LogP contribution in [0.25, 0.3) is 0 Å². The summed E-state index contributed by atoms with van der Waals surface area (Å²) < 4.78 is 5.06. The van der Waals surface area contributed by atoms with Crippen LogP contribution in [0.5, 0.6) is 0 Å². The predicted molar refractivity (Wildman–Crippen MR) is 82.4 cm³/mol. The highest BCUT2D eigenvalue weighted by Crippen LogP contribution is 2.33. The number of nitrogens with zero attached hydrogens (tertiary/aromatic N) is 4. The van der Waals surface area contributed by atoms with E-state index in [-0.39, 0.29) is 25.0 Å². The molecule has 0 saturated carbocycles. The van der Waals surface area contributed by atoms with E-state index in [1.807, 2.05) is 0 Å². The van der Waals surface area contributed by atoms with E-state index in [2.05, 4.69) is 4.98 Å². The minimum Gasteiger partial charge on any atom is -0.364 e. The average molecular weight is 314 g/mol. The summed E-state index contributed by atoms with van der Waals surface area (Å²) in [5.41, 5.74) is 1.00. The van der Waals surface area contributed by atoms with Gasteiger partial charge >= 0.3 is 0 Å². The highest BCUT2D eigenvalue weighted by molar-refractivity contribution is 6.01. The summed E-state index contributed by atoms with van der Waals surface area (Å²) in [5.74, 6) is 0.294. The van der Waals surface area contributed by atoms with Crippen molar-refractivity contribution in [2.24, 2.45) is 0 Å². The van der Waals surface area contributed by atoms with Crippen molar-refractivity contribution in [3.8, 4) is 0 Å². The van der Waals surface area contributed by atoms with Crippen LogP contribution in [0.4, 0.5) is 17.2 Å². The summed E-state index contributed by atoms with van der Waals surface area (Å²) in [5, 5.41) is 11.0. The van der Waals surface area contributed by atoms with E-state index in [4.69, 9.17) is 4.74 Å². The minimum atomic E-state index is -0.454. The van der Waals surface area contributed by atoms with Gasteiger partial charge in [-0.15, -0.1) is 0 Å². The van der Waals surface area contributed by atoms with Gasteiger partial charge in [0.05, 0.1) is 16.2 Å². The Morgan fingerprint density at radius 3 is 2.91 bits per heavy atom. The second-order valence-electron chi connectivity index (χ2n) is 4.98. The number of ether oxygens (including phenoxy) is 1. The number of hydrogen-bond donors (Lipinski definition) is 0. The van der Waals surface area contributed by atoms with Crippen molar-refractivity contribution < 1.29 is 14.5 Å². The van der Waals surface area contributed by atoms with Crippen LogP contribution in [0.1, 0.15) is 10.4 Å². The molecule has 1 aromatic carbocycles. The monoisotopic (exact) mass is 314 g/mol. The van der Waals surface area contributed by atoms with Crippen LogP contribution in [0, 0.1) is 10.1 Å². The van der Waals surface area contributed by atoms with Crippen LogP contribution in [0.2, 0.25) is 0 Å². The Labute approximate surface area is 132 Å². The first-order valence-electron chi connectivity index (χ1n) is 6.87. The van der Waals surface area contributed by atoms with Gasteiger partial charge in [0.25, 0.3) is 11.6 Å². The van der Waals surface area contributed by atoms with Gasteiger partial charge < -0.3 is 9.64 Å². The molecule has 0 spiro atoms. The number of aromatic nitrogens is 1. The molecule has 1 aromatic heterocycles. The largest absolute Gasteiger partial charge is 0.364 e. The van der Waals surface area contributed by atoms with Crippen molar-refractivity contribution in [2.45, 2.75) is 0 Å². The SMILES string of the molecule is COCN1CN(c2cccc([N+](=O)[O-])c2)c2ncccc2C1=O. The summed E-state index contributed by atoms with van der Waals surface area (Å²) >= 11 is 0. The van der Waals surface area contributed by atoms with Gasteiger partial charge in [0.1, 0.15) is 19.2 Å². The quantitative estimate of drug-likeness (QED) is 0.634. The first kappa shape index (κ1) is 14.9. The third-order valence-corrected chi connectivity index (χ3v) is 3.51. The van der Waals surface area contributed by atoms with E-state index in [1.54, 1.807) is 35.4 Å². The number of fused-ring (bicyclic) bond motifs is 1. The number of amides is 1. The molecule has 0 atom stereocenters. The van der Waals surface area contributed by atoms with Crippen molar-refractivity contribution in [1.29, 1.82) is 0 Å². The maximum atomic E-state index is 12.4. The number of carbonyl (C=O) groups is 1. The number of anilines is 2. The van der Waals surface area contributed by atoms with Gasteiger partial charge in [-0.2, -0.15) is 0 Å². The Hall–Kier alpha value is -3.00. The summed E-state index contributed by atoms with van der Waals surface area (Å²) in [7, 11) is 1.50. The van der Waals surface area contributed by atoms with Gasteiger partial charge in [-0.3, -0.25) is 19.8 Å². The fraction of sp³-hybridized carbons (Fsp3) is 0.200. The molecule has 2 aromatic rings. The van der Waals surface area contributed by atoms with E-state index in [0.717, 1.165) is 0 Å². The Morgan fingerprint density at radius 1 is 1.35 bits per heavy atom. The minimum absolute atomic E-state index is 0.0184. The van der Waals surface area contributed by atoms with Crippen LogP contribution < -0.4 is 4.90 Å². The molecule has 0 N–H and O–H groups in total. The number of benzene rings is 1. The summed E-state index contributed by atoms with van der Waals surface area (Å²) in [6, 6.07) is 9.58. The zero-order chi connectivity index (χ0) is 16.4. The van der Waals surface area contributed by atoms with Gasteiger partial charge in [0.15, 0.2) is 0 Å². The zero-order valence-corrected chi connectivity index (χ0v) is 12.4. The lowest BCUT2D eigenvalue weighted by molar-refractivity contribution is -0.384. The average Bonchev–Trinajstić information content (AvgIpc) is 2.58. The number of pyridine rings is 1. The van der Waals surface area contributed by atoms with Crippen molar-refractivity contribution in [2.75, 3.05) is 25.4 Å². The third-order valence-electron chi connectivity index (χ3n) is 3.51. The number of methoxy groups -OCH3 is 1. The lowest BCUT2D eigenvalue weighted by Gasteiger charge is -2.36. The van der Waals surface area contributed by atoms with Crippen LogP contribution in [-0.4, -0.2) is 41.2 Å². The zero-order valence-electron chi connectivity index (χ0n) is 12.4. The summed E-state index contributed by atoms with van der Waals surface area (Å²) in [6.07, 6.45) is 1.59. The van der Waals surface area contributed by atoms with Crippen molar-refractivity contribution in [3.05, 3.63) is 58.3 Å². The molecule has 118 valence electrons. The van der Waals surface area contributed by atoms with Crippen LogP contribution in [0.3, 0.4) is 0 Å². The molecule has 8 heteroatoms. The number of non-ortho nitro benzene ring substituents is 1. The first-order chi connectivity index (χ1) is 11.1. The number of hydrogen-bond acceptors (Lipinski definition) is 6. The molecule has 0 radical (unpaired) electrons. The van der Waals surface area contributed by atoms with E-state index in [1.165, 1.54) is 24.1 Å². The van der Waals surface area contributed by atoms with Crippen LogP contribution in [0.15, 0.2) is 42.6 Å². The first-order valence-corrected chi connectivity index (χ1v) is 6.87. The van der Waals surface area contributed by atoms with Gasteiger partial charge in [-0.25, -0.2) is 4.98 Å². The molecule has 1 aliphatic heterocycles. The molecule has 0 saturated heterocycles. The Kier molecular flexibility index (Phi) is 3.90. The maximum Gasteiger partial charge on any atom is 0.271 e. The van der Waals surface area contributed by atoms with Gasteiger partial charge in [-0.1, -0.05) is 6.07 Å². The Morgan fingerprint density at radius 2 is 2.17 bits per heavy atom. The molecule has 1 amide bonds. The van der Waals surface area contributed by atoms with E-state index < -0.39 is 4.92 Å². The molecular weight excluding hydrogens is 300 g/mol. The molecule has 8 nitrogen and oxygen atoms in total. The summed E-state index contributed by atoms with van der Waals surface area (Å²) in [6.45, 7) is 0.330. The molecule has 2 heterocycles. The van der Waals surface area contributed by atoms with Gasteiger partial charge in [-0.05, 0) is 18.2 Å². The van der Waals surface area contributed by atoms with E-state index in [0.29, 0.717) is 17.1 Å². The number of carbonyl (C=O) groups excluding carboxylic acids is 1. The molecule has 3 rings (SSSR count). The van der Waals surface area contributed by atoms with Crippen molar-refractivity contribution >= 4 is 23.1 Å². The number of rotatable bonds is 4. The third kappa shape index (κ3) is 2.71. The number of nitro benzene ring substituents is 1. The fourth-order valence-electron chi connectivity index (χ4n) is 2.48. The normalized spacial score (nSPS) is 13.9. The standard InChI is InChI=1S/C15H14N4O4/c1-23-10-17-9-18(11-4-2-5-12(8-11)19(21)22)14-13(15(17)20)6-3-7-16-14/h2-8H,9-10H2,1H3. The van der Waals surface area contributed by atoms with Crippen molar-refractivity contribution in [3.63, 3.8) is 0 Å². The highest BCUT2D eigenvalue weighted by atomic mass is 16.6. The van der Waals surface area contributed by atoms with Crippen molar-refractivity contribution in [1.82, 2.24) is 9.88 Å². The maximum absolute atomic E-state index is 12.4. The Bertz CT molecular complexity index is 765. The second kappa shape index (κ2) is 6.01. The van der Waals surface area contributed by atoms with Crippen LogP contribution >= 0.6 is 0 Å².